The lowest BCUT2D eigenvalue weighted by molar-refractivity contribution is 0.0697. The van der Waals surface area contributed by atoms with Gasteiger partial charge in [-0.1, -0.05) is 48.0 Å². The number of ether oxygens (including phenoxy) is 2. The number of methoxy groups -OCH3 is 1. The Labute approximate surface area is 240 Å². The lowest BCUT2D eigenvalue weighted by Gasteiger charge is -2.16. The molecule has 0 aliphatic carbocycles. The molecule has 0 bridgehead atoms. The third-order valence-corrected chi connectivity index (χ3v) is 7.02. The average Bonchev–Trinajstić information content (AvgIpc) is 2.95. The standard InChI is InChI=1S/C31H30BrN3O5/c1-5-7-23-14-21(15-27(39-4)28(23)40-18-20-8-10-22(11-9-20)31(37)38)17-33-35-29(19(3)6-2)34-26-13-12-24(32)16-25(26)30(35)36/h5,8-17,19H,1,6-7,18H2,2-4H3,(H,37,38)/t19-/m1/s1. The highest BCUT2D eigenvalue weighted by atomic mass is 79.9. The van der Waals surface area contributed by atoms with Gasteiger partial charge in [-0.05, 0) is 66.4 Å². The molecule has 3 aromatic carbocycles. The van der Waals surface area contributed by atoms with Crippen molar-refractivity contribution in [2.45, 2.75) is 39.2 Å². The maximum atomic E-state index is 13.5. The summed E-state index contributed by atoms with van der Waals surface area (Å²) in [6.07, 6.45) is 4.68. The number of halogens is 1. The van der Waals surface area contributed by atoms with Crippen LogP contribution in [-0.2, 0) is 13.0 Å². The van der Waals surface area contributed by atoms with Crippen LogP contribution in [0.2, 0.25) is 0 Å². The fourth-order valence-electron chi connectivity index (χ4n) is 4.18. The van der Waals surface area contributed by atoms with E-state index in [9.17, 15) is 9.59 Å². The highest BCUT2D eigenvalue weighted by molar-refractivity contribution is 9.10. The van der Waals surface area contributed by atoms with E-state index in [-0.39, 0.29) is 23.6 Å². The minimum absolute atomic E-state index is 0.0177. The highest BCUT2D eigenvalue weighted by Crippen LogP contribution is 2.34. The van der Waals surface area contributed by atoms with E-state index in [0.717, 1.165) is 22.0 Å². The summed E-state index contributed by atoms with van der Waals surface area (Å²) in [5.74, 6) is 0.676. The Hall–Kier alpha value is -4.24. The summed E-state index contributed by atoms with van der Waals surface area (Å²) in [5, 5.41) is 14.2. The largest absolute Gasteiger partial charge is 0.493 e. The van der Waals surface area contributed by atoms with E-state index >= 15 is 0 Å². The van der Waals surface area contributed by atoms with E-state index in [1.165, 1.54) is 4.68 Å². The second-order valence-electron chi connectivity index (χ2n) is 9.30. The Kier molecular flexibility index (Phi) is 9.16. The molecule has 4 aromatic rings. The highest BCUT2D eigenvalue weighted by Gasteiger charge is 2.17. The van der Waals surface area contributed by atoms with E-state index < -0.39 is 5.97 Å². The monoisotopic (exact) mass is 603 g/mol. The number of fused-ring (bicyclic) bond motifs is 1. The normalized spacial score (nSPS) is 12.0. The molecule has 9 heteroatoms. The van der Waals surface area contributed by atoms with Gasteiger partial charge in [-0.25, -0.2) is 9.78 Å². The van der Waals surface area contributed by atoms with Crippen LogP contribution in [0.4, 0.5) is 0 Å². The van der Waals surface area contributed by atoms with Crippen molar-refractivity contribution in [1.29, 1.82) is 0 Å². The van der Waals surface area contributed by atoms with Gasteiger partial charge < -0.3 is 14.6 Å². The number of aromatic nitrogens is 2. The first-order valence-corrected chi connectivity index (χ1v) is 13.6. The van der Waals surface area contributed by atoms with Crippen molar-refractivity contribution in [1.82, 2.24) is 9.66 Å². The number of hydrogen-bond donors (Lipinski definition) is 1. The van der Waals surface area contributed by atoms with Crippen LogP contribution in [0, 0.1) is 0 Å². The fourth-order valence-corrected chi connectivity index (χ4v) is 4.54. The number of carbonyl (C=O) groups is 1. The van der Waals surface area contributed by atoms with Crippen molar-refractivity contribution in [3.05, 3.63) is 110 Å². The Balaban J connectivity index is 1.71. The molecule has 0 saturated heterocycles. The second-order valence-corrected chi connectivity index (χ2v) is 10.2. The number of carboxylic acid groups (broad SMARTS) is 1. The van der Waals surface area contributed by atoms with E-state index in [1.807, 2.05) is 32.0 Å². The number of benzene rings is 3. The number of nitrogens with zero attached hydrogens (tertiary/aromatic N) is 3. The van der Waals surface area contributed by atoms with Crippen LogP contribution in [-0.4, -0.2) is 34.1 Å². The molecule has 4 rings (SSSR count). The van der Waals surface area contributed by atoms with Crippen LogP contribution in [0.15, 0.2) is 81.6 Å². The molecule has 0 aliphatic heterocycles. The molecule has 0 radical (unpaired) electrons. The zero-order chi connectivity index (χ0) is 28.8. The molecule has 0 fully saturated rings. The number of rotatable bonds is 11. The summed E-state index contributed by atoms with van der Waals surface area (Å²) < 4.78 is 13.9. The summed E-state index contributed by atoms with van der Waals surface area (Å²) in [5.41, 5.74) is 2.95. The van der Waals surface area contributed by atoms with Gasteiger partial charge in [0.25, 0.3) is 5.56 Å². The van der Waals surface area contributed by atoms with Crippen LogP contribution >= 0.6 is 15.9 Å². The molecule has 0 amide bonds. The van der Waals surface area contributed by atoms with Crippen LogP contribution in [0.25, 0.3) is 10.9 Å². The van der Waals surface area contributed by atoms with Crippen molar-refractivity contribution < 1.29 is 19.4 Å². The summed E-state index contributed by atoms with van der Waals surface area (Å²) in [6.45, 7) is 8.15. The molecule has 0 saturated carbocycles. The van der Waals surface area contributed by atoms with E-state index in [2.05, 4.69) is 27.6 Å². The van der Waals surface area contributed by atoms with Gasteiger partial charge in [-0.15, -0.1) is 6.58 Å². The third-order valence-electron chi connectivity index (χ3n) is 6.53. The second kappa shape index (κ2) is 12.7. The number of aromatic carboxylic acids is 1. The van der Waals surface area contributed by atoms with Crippen molar-refractivity contribution >= 4 is 39.0 Å². The van der Waals surface area contributed by atoms with Gasteiger partial charge in [0.05, 0.1) is 29.8 Å². The Morgan fingerprint density at radius 3 is 2.60 bits per heavy atom. The number of allylic oxidation sites excluding steroid dienone is 1. The average molecular weight is 605 g/mol. The van der Waals surface area contributed by atoms with E-state index in [1.54, 1.807) is 55.8 Å². The molecular formula is C31H30BrN3O5. The van der Waals surface area contributed by atoms with Gasteiger partial charge in [0.1, 0.15) is 12.4 Å². The molecule has 206 valence electrons. The van der Waals surface area contributed by atoms with Crippen LogP contribution in [0.3, 0.4) is 0 Å². The zero-order valence-corrected chi connectivity index (χ0v) is 24.1. The molecule has 1 heterocycles. The fraction of sp³-hybridized carbons (Fsp3) is 0.226. The minimum atomic E-state index is -0.981. The van der Waals surface area contributed by atoms with Gasteiger partial charge in [0, 0.05) is 16.0 Å². The smallest absolute Gasteiger partial charge is 0.335 e. The van der Waals surface area contributed by atoms with Gasteiger partial charge >= 0.3 is 5.97 Å². The molecule has 0 unspecified atom stereocenters. The van der Waals surface area contributed by atoms with Crippen LogP contribution < -0.4 is 15.0 Å². The SMILES string of the molecule is C=CCc1cc(C=Nn2c([C@H](C)CC)nc3ccc(Br)cc3c2=O)cc(OC)c1OCc1ccc(C(=O)O)cc1. The van der Waals surface area contributed by atoms with Crippen LogP contribution in [0.5, 0.6) is 11.5 Å². The third kappa shape index (κ3) is 6.31. The van der Waals surface area contributed by atoms with E-state index in [0.29, 0.717) is 40.2 Å². The summed E-state index contributed by atoms with van der Waals surface area (Å²) in [7, 11) is 1.55. The maximum Gasteiger partial charge on any atom is 0.335 e. The molecule has 8 nitrogen and oxygen atoms in total. The molecule has 40 heavy (non-hydrogen) atoms. The quantitative estimate of drug-likeness (QED) is 0.154. The van der Waals surface area contributed by atoms with Crippen molar-refractivity contribution in [2.24, 2.45) is 5.10 Å². The summed E-state index contributed by atoms with van der Waals surface area (Å²) in [4.78, 5) is 29.4. The first kappa shape index (κ1) is 28.8. The molecular weight excluding hydrogens is 574 g/mol. The lowest BCUT2D eigenvalue weighted by Crippen LogP contribution is -2.23. The Bertz CT molecular complexity index is 1640. The maximum absolute atomic E-state index is 13.5. The molecule has 1 atom stereocenters. The van der Waals surface area contributed by atoms with Crippen molar-refractivity contribution in [3.63, 3.8) is 0 Å². The first-order chi connectivity index (χ1) is 19.2. The number of carboxylic acids is 1. The van der Waals surface area contributed by atoms with Crippen molar-refractivity contribution in [2.75, 3.05) is 7.11 Å². The van der Waals surface area contributed by atoms with E-state index in [4.69, 9.17) is 19.6 Å². The van der Waals surface area contributed by atoms with Gasteiger partial charge in [-0.3, -0.25) is 4.79 Å². The molecule has 1 N–H and O–H groups in total. The predicted octanol–water partition coefficient (Wildman–Crippen LogP) is 6.57. The topological polar surface area (TPSA) is 103 Å². The van der Waals surface area contributed by atoms with Crippen LogP contribution in [0.1, 0.15) is 59.1 Å². The summed E-state index contributed by atoms with van der Waals surface area (Å²) in [6, 6.07) is 15.7. The van der Waals surface area contributed by atoms with Gasteiger partial charge in [0.2, 0.25) is 0 Å². The van der Waals surface area contributed by atoms with Gasteiger partial charge in [-0.2, -0.15) is 9.78 Å². The summed E-state index contributed by atoms with van der Waals surface area (Å²) >= 11 is 3.44. The molecule has 1 aromatic heterocycles. The zero-order valence-electron chi connectivity index (χ0n) is 22.6. The number of hydrogen-bond acceptors (Lipinski definition) is 6. The molecule has 0 spiro atoms. The minimum Gasteiger partial charge on any atom is -0.493 e. The van der Waals surface area contributed by atoms with Gasteiger partial charge in [0.15, 0.2) is 11.5 Å². The lowest BCUT2D eigenvalue weighted by atomic mass is 10.1. The Morgan fingerprint density at radius 2 is 1.95 bits per heavy atom. The Morgan fingerprint density at radius 1 is 1.20 bits per heavy atom. The predicted molar refractivity (Wildman–Crippen MR) is 160 cm³/mol. The van der Waals surface area contributed by atoms with Crippen molar-refractivity contribution in [3.8, 4) is 11.5 Å². The molecule has 0 aliphatic rings. The first-order valence-electron chi connectivity index (χ1n) is 12.8.